The van der Waals surface area contributed by atoms with Gasteiger partial charge in [0.15, 0.2) is 0 Å². The predicted octanol–water partition coefficient (Wildman–Crippen LogP) is 1.98. The summed E-state index contributed by atoms with van der Waals surface area (Å²) in [4.78, 5) is 24.1. The first kappa shape index (κ1) is 23.2. The minimum absolute atomic E-state index is 0.173. The highest BCUT2D eigenvalue weighted by molar-refractivity contribution is 5.73. The Morgan fingerprint density at radius 1 is 1.34 bits per heavy atom. The molecule has 0 radical (unpaired) electrons. The molecule has 4 heterocycles. The number of nitrogens with zero attached hydrogens (tertiary/aromatic N) is 7. The molecule has 0 bridgehead atoms. The van der Waals surface area contributed by atoms with Crippen molar-refractivity contribution in [2.45, 2.75) is 32.2 Å². The van der Waals surface area contributed by atoms with E-state index in [0.717, 1.165) is 25.3 Å². The minimum Gasteiger partial charge on any atom is -0.475 e. The van der Waals surface area contributed by atoms with Crippen LogP contribution in [0.5, 0.6) is 6.01 Å². The van der Waals surface area contributed by atoms with E-state index in [0.29, 0.717) is 12.6 Å². The Hall–Kier alpha value is -3.48. The molecule has 0 aliphatic carbocycles. The fourth-order valence-corrected chi connectivity index (χ4v) is 3.19. The van der Waals surface area contributed by atoms with Gasteiger partial charge in [0.05, 0.1) is 24.3 Å². The van der Waals surface area contributed by atoms with Crippen molar-refractivity contribution in [2.24, 2.45) is 7.05 Å². The zero-order valence-corrected chi connectivity index (χ0v) is 17.4. The predicted molar refractivity (Wildman–Crippen MR) is 105 cm³/mol. The number of carboxylic acid groups (broad SMARTS) is 1. The van der Waals surface area contributed by atoms with Crippen molar-refractivity contribution in [1.82, 2.24) is 34.2 Å². The lowest BCUT2D eigenvalue weighted by atomic mass is 10.2. The molecule has 3 aromatic rings. The van der Waals surface area contributed by atoms with Crippen LogP contribution in [-0.4, -0.2) is 64.6 Å². The molecule has 0 fully saturated rings. The highest BCUT2D eigenvalue weighted by Gasteiger charge is 2.38. The standard InChI is InChI=1S/C17H21N7O.C2HF3O2/c1-13-3-4-19-17(21-13)25-11-16-10-23(8-14-5-20-22(2)7-14)9-15-6-18-12-24(15)16;3-2(4,5)1(6)7/h3-7,12,16H,8-11H2,1-2H3;(H,6,7). The van der Waals surface area contributed by atoms with E-state index in [-0.39, 0.29) is 6.04 Å². The molecule has 172 valence electrons. The molecule has 10 nitrogen and oxygen atoms in total. The summed E-state index contributed by atoms with van der Waals surface area (Å²) in [5.41, 5.74) is 3.29. The number of rotatable bonds is 5. The number of aromatic nitrogens is 6. The first-order valence-corrected chi connectivity index (χ1v) is 9.55. The molecule has 1 N–H and O–H groups in total. The molecule has 0 saturated carbocycles. The molecule has 0 amide bonds. The summed E-state index contributed by atoms with van der Waals surface area (Å²) in [7, 11) is 1.94. The fourth-order valence-electron chi connectivity index (χ4n) is 3.19. The van der Waals surface area contributed by atoms with E-state index in [1.54, 1.807) is 6.20 Å². The van der Waals surface area contributed by atoms with Crippen molar-refractivity contribution in [1.29, 1.82) is 0 Å². The number of ether oxygens (including phenoxy) is 1. The maximum atomic E-state index is 10.6. The number of alkyl halides is 3. The van der Waals surface area contributed by atoms with E-state index in [1.807, 2.05) is 43.4 Å². The van der Waals surface area contributed by atoms with Crippen LogP contribution < -0.4 is 4.74 Å². The molecular formula is C19H22F3N7O3. The summed E-state index contributed by atoms with van der Waals surface area (Å²) in [6.45, 7) is 5.04. The van der Waals surface area contributed by atoms with Crippen LogP contribution in [0, 0.1) is 6.92 Å². The number of aliphatic carboxylic acids is 1. The minimum atomic E-state index is -5.08. The monoisotopic (exact) mass is 453 g/mol. The molecule has 3 aromatic heterocycles. The van der Waals surface area contributed by atoms with Crippen LogP contribution in [0.15, 0.2) is 37.2 Å². The van der Waals surface area contributed by atoms with Crippen molar-refractivity contribution >= 4 is 5.97 Å². The van der Waals surface area contributed by atoms with Crippen LogP contribution in [0.25, 0.3) is 0 Å². The summed E-state index contributed by atoms with van der Waals surface area (Å²) in [5.74, 6) is -2.76. The highest BCUT2D eigenvalue weighted by atomic mass is 19.4. The van der Waals surface area contributed by atoms with Crippen LogP contribution in [-0.2, 0) is 24.9 Å². The molecule has 1 atom stereocenters. The molecule has 0 aromatic carbocycles. The van der Waals surface area contributed by atoms with Crippen molar-refractivity contribution in [3.8, 4) is 6.01 Å². The van der Waals surface area contributed by atoms with Gasteiger partial charge < -0.3 is 14.4 Å². The van der Waals surface area contributed by atoms with E-state index in [9.17, 15) is 13.2 Å². The first-order chi connectivity index (χ1) is 15.1. The second-order valence-corrected chi connectivity index (χ2v) is 7.23. The van der Waals surface area contributed by atoms with E-state index >= 15 is 0 Å². The van der Waals surface area contributed by atoms with Gasteiger partial charge in [0.1, 0.15) is 6.61 Å². The van der Waals surface area contributed by atoms with Crippen LogP contribution in [0.1, 0.15) is 23.0 Å². The van der Waals surface area contributed by atoms with E-state index in [1.165, 1.54) is 11.3 Å². The number of hydrogen-bond acceptors (Lipinski definition) is 7. The molecule has 0 saturated heterocycles. The Morgan fingerprint density at radius 2 is 2.09 bits per heavy atom. The SMILES string of the molecule is Cc1ccnc(OCC2CN(Cc3cnn(C)c3)Cc3cncn32)n1.O=C(O)C(F)(F)F. The lowest BCUT2D eigenvalue weighted by molar-refractivity contribution is -0.192. The summed E-state index contributed by atoms with van der Waals surface area (Å²) in [5, 5.41) is 11.4. The smallest absolute Gasteiger partial charge is 0.475 e. The molecule has 1 aliphatic heterocycles. The van der Waals surface area contributed by atoms with Crippen molar-refractivity contribution < 1.29 is 27.8 Å². The third-order valence-electron chi connectivity index (χ3n) is 4.58. The first-order valence-electron chi connectivity index (χ1n) is 9.55. The van der Waals surface area contributed by atoms with Crippen molar-refractivity contribution in [3.05, 3.63) is 54.1 Å². The van der Waals surface area contributed by atoms with Crippen molar-refractivity contribution in [3.63, 3.8) is 0 Å². The van der Waals surface area contributed by atoms with Crippen LogP contribution in [0.4, 0.5) is 13.2 Å². The summed E-state index contributed by atoms with van der Waals surface area (Å²) in [6, 6.07) is 2.45. The zero-order valence-electron chi connectivity index (χ0n) is 17.4. The molecule has 4 rings (SSSR count). The molecular weight excluding hydrogens is 431 g/mol. The lowest BCUT2D eigenvalue weighted by Gasteiger charge is -2.33. The summed E-state index contributed by atoms with van der Waals surface area (Å²) in [6.07, 6.45) is 4.40. The number of aryl methyl sites for hydroxylation is 2. The third kappa shape index (κ3) is 6.26. The Labute approximate surface area is 181 Å². The maximum absolute atomic E-state index is 10.6. The lowest BCUT2D eigenvalue weighted by Crippen LogP contribution is -2.39. The molecule has 0 spiro atoms. The van der Waals surface area contributed by atoms with Gasteiger partial charge in [0, 0.05) is 56.5 Å². The number of carbonyl (C=O) groups is 1. The number of imidazole rings is 1. The second kappa shape index (κ2) is 9.77. The largest absolute Gasteiger partial charge is 0.490 e. The molecule has 13 heteroatoms. The van der Waals surface area contributed by atoms with Gasteiger partial charge in [0.25, 0.3) is 0 Å². The molecule has 1 aliphatic rings. The van der Waals surface area contributed by atoms with Gasteiger partial charge in [-0.15, -0.1) is 0 Å². The number of fused-ring (bicyclic) bond motifs is 1. The van der Waals surface area contributed by atoms with Crippen LogP contribution in [0.3, 0.4) is 0 Å². The van der Waals surface area contributed by atoms with Crippen LogP contribution in [0.2, 0.25) is 0 Å². The second-order valence-electron chi connectivity index (χ2n) is 7.23. The maximum Gasteiger partial charge on any atom is 0.490 e. The third-order valence-corrected chi connectivity index (χ3v) is 4.58. The van der Waals surface area contributed by atoms with E-state index in [4.69, 9.17) is 14.6 Å². The van der Waals surface area contributed by atoms with Gasteiger partial charge in [-0.3, -0.25) is 9.58 Å². The number of carboxylic acids is 1. The van der Waals surface area contributed by atoms with E-state index < -0.39 is 12.1 Å². The van der Waals surface area contributed by atoms with Gasteiger partial charge in [-0.2, -0.15) is 18.3 Å². The number of hydrogen-bond donors (Lipinski definition) is 1. The van der Waals surface area contributed by atoms with E-state index in [2.05, 4.69) is 35.7 Å². The number of halogens is 3. The normalized spacial score (nSPS) is 16.1. The summed E-state index contributed by atoms with van der Waals surface area (Å²) < 4.78 is 41.6. The molecule has 32 heavy (non-hydrogen) atoms. The Balaban J connectivity index is 0.000000360. The van der Waals surface area contributed by atoms with Crippen molar-refractivity contribution in [2.75, 3.05) is 13.2 Å². The zero-order chi connectivity index (χ0) is 23.3. The Kier molecular flexibility index (Phi) is 7.08. The van der Waals surface area contributed by atoms with Crippen LogP contribution >= 0.6 is 0 Å². The van der Waals surface area contributed by atoms with Gasteiger partial charge in [0.2, 0.25) is 0 Å². The average Bonchev–Trinajstić information content (AvgIpc) is 3.35. The Bertz CT molecular complexity index is 1050. The van der Waals surface area contributed by atoms with Gasteiger partial charge in [-0.1, -0.05) is 0 Å². The fraction of sp³-hybridized carbons (Fsp3) is 0.421. The quantitative estimate of drug-likeness (QED) is 0.624. The molecule has 1 unspecified atom stereocenters. The van der Waals surface area contributed by atoms with Gasteiger partial charge in [-0.25, -0.2) is 19.7 Å². The van der Waals surface area contributed by atoms with Gasteiger partial charge in [-0.05, 0) is 13.0 Å². The average molecular weight is 453 g/mol. The van der Waals surface area contributed by atoms with Gasteiger partial charge >= 0.3 is 18.2 Å². The topological polar surface area (TPSA) is 111 Å². The highest BCUT2D eigenvalue weighted by Crippen LogP contribution is 2.23. The summed E-state index contributed by atoms with van der Waals surface area (Å²) >= 11 is 0. The Morgan fingerprint density at radius 3 is 2.72 bits per heavy atom.